The number of ether oxygens (including phenoxy) is 1. The number of aryl methyl sites for hydroxylation is 1. The lowest BCUT2D eigenvalue weighted by atomic mass is 10.1. The normalized spacial score (nSPS) is 12.0. The largest absolute Gasteiger partial charge is 0.497 e. The Hall–Kier alpha value is -3.56. The first kappa shape index (κ1) is 32.0. The number of benzene rings is 3. The van der Waals surface area contributed by atoms with Crippen LogP contribution in [0.15, 0.2) is 71.6 Å². The minimum atomic E-state index is -4.18. The Bertz CT molecular complexity index is 1460. The van der Waals surface area contributed by atoms with E-state index in [1.807, 2.05) is 26.8 Å². The number of carbonyl (C=O) groups is 2. The van der Waals surface area contributed by atoms with Gasteiger partial charge in [0, 0.05) is 18.1 Å². The minimum absolute atomic E-state index is 0.0438. The summed E-state index contributed by atoms with van der Waals surface area (Å²) in [6.07, 6.45) is 1.08. The van der Waals surface area contributed by atoms with E-state index in [1.165, 1.54) is 17.0 Å². The number of hydrogen-bond acceptors (Lipinski definition) is 5. The fourth-order valence-corrected chi connectivity index (χ4v) is 6.11. The summed E-state index contributed by atoms with van der Waals surface area (Å²) in [5.74, 6) is -0.213. The average Bonchev–Trinajstić information content (AvgIpc) is 2.96. The van der Waals surface area contributed by atoms with Gasteiger partial charge in [0.25, 0.3) is 10.0 Å². The van der Waals surface area contributed by atoms with Crippen molar-refractivity contribution in [1.29, 1.82) is 0 Å². The number of rotatable bonds is 13. The molecule has 1 atom stereocenters. The molecule has 10 heteroatoms. The van der Waals surface area contributed by atoms with E-state index < -0.39 is 28.5 Å². The molecule has 3 rings (SSSR count). The highest BCUT2D eigenvalue weighted by Gasteiger charge is 2.34. The summed E-state index contributed by atoms with van der Waals surface area (Å²) in [6.45, 7) is 7.36. The summed E-state index contributed by atoms with van der Waals surface area (Å²) in [6, 6.07) is 17.8. The number of carbonyl (C=O) groups excluding carboxylic acids is 2. The van der Waals surface area contributed by atoms with Crippen molar-refractivity contribution < 1.29 is 22.7 Å². The number of methoxy groups -OCH3 is 1. The van der Waals surface area contributed by atoms with E-state index in [1.54, 1.807) is 62.6 Å². The van der Waals surface area contributed by atoms with Crippen LogP contribution >= 0.6 is 11.6 Å². The Morgan fingerprint density at radius 1 is 1.00 bits per heavy atom. The lowest BCUT2D eigenvalue weighted by molar-refractivity contribution is -0.140. The molecular weight excluding hydrogens is 562 g/mol. The van der Waals surface area contributed by atoms with Crippen molar-refractivity contribution in [3.05, 3.63) is 88.4 Å². The molecule has 0 bridgehead atoms. The second-order valence-corrected chi connectivity index (χ2v) is 12.1. The predicted molar refractivity (Wildman–Crippen MR) is 163 cm³/mol. The molecule has 0 radical (unpaired) electrons. The van der Waals surface area contributed by atoms with Crippen LogP contribution in [0.25, 0.3) is 0 Å². The predicted octanol–water partition coefficient (Wildman–Crippen LogP) is 5.49. The quantitative estimate of drug-likeness (QED) is 0.280. The Labute approximate surface area is 248 Å². The van der Waals surface area contributed by atoms with E-state index in [0.717, 1.165) is 21.9 Å². The van der Waals surface area contributed by atoms with Crippen LogP contribution in [0.2, 0.25) is 5.02 Å². The monoisotopic (exact) mass is 599 g/mol. The van der Waals surface area contributed by atoms with E-state index in [0.29, 0.717) is 29.3 Å². The molecule has 1 N–H and O–H groups in total. The van der Waals surface area contributed by atoms with Crippen molar-refractivity contribution in [2.24, 2.45) is 0 Å². The first-order valence-corrected chi connectivity index (χ1v) is 15.4. The second-order valence-electron chi connectivity index (χ2n) is 9.80. The number of nitrogens with zero attached hydrogens (tertiary/aromatic N) is 2. The average molecular weight is 600 g/mol. The van der Waals surface area contributed by atoms with Gasteiger partial charge in [-0.1, -0.05) is 61.3 Å². The lowest BCUT2D eigenvalue weighted by Crippen LogP contribution is -2.52. The van der Waals surface area contributed by atoms with Gasteiger partial charge in [-0.25, -0.2) is 8.42 Å². The number of hydrogen-bond donors (Lipinski definition) is 1. The molecule has 2 amide bonds. The molecule has 3 aromatic carbocycles. The molecule has 0 aromatic heterocycles. The number of anilines is 1. The highest BCUT2D eigenvalue weighted by Crippen LogP contribution is 2.31. The molecule has 0 aliphatic heterocycles. The van der Waals surface area contributed by atoms with Gasteiger partial charge in [0.05, 0.1) is 17.7 Å². The van der Waals surface area contributed by atoms with Gasteiger partial charge in [0.2, 0.25) is 11.8 Å². The van der Waals surface area contributed by atoms with E-state index in [4.69, 9.17) is 16.3 Å². The number of amides is 2. The summed E-state index contributed by atoms with van der Waals surface area (Å²) >= 11 is 6.39. The van der Waals surface area contributed by atoms with Crippen molar-refractivity contribution in [2.75, 3.05) is 24.5 Å². The first-order valence-electron chi connectivity index (χ1n) is 13.6. The van der Waals surface area contributed by atoms with Gasteiger partial charge < -0.3 is 15.0 Å². The summed E-state index contributed by atoms with van der Waals surface area (Å²) in [4.78, 5) is 28.9. The maximum absolute atomic E-state index is 14.2. The molecule has 0 heterocycles. The second kappa shape index (κ2) is 14.4. The molecule has 1 unspecified atom stereocenters. The van der Waals surface area contributed by atoms with Crippen molar-refractivity contribution in [3.8, 4) is 5.75 Å². The highest BCUT2D eigenvalue weighted by atomic mass is 35.5. The van der Waals surface area contributed by atoms with Gasteiger partial charge >= 0.3 is 0 Å². The van der Waals surface area contributed by atoms with Crippen LogP contribution in [-0.4, -0.2) is 51.4 Å². The summed E-state index contributed by atoms with van der Waals surface area (Å²) < 4.78 is 34.5. The maximum atomic E-state index is 14.2. The van der Waals surface area contributed by atoms with E-state index in [9.17, 15) is 18.0 Å². The molecule has 0 saturated carbocycles. The van der Waals surface area contributed by atoms with E-state index >= 15 is 0 Å². The molecule has 0 fully saturated rings. The van der Waals surface area contributed by atoms with Crippen molar-refractivity contribution in [1.82, 2.24) is 10.2 Å². The van der Waals surface area contributed by atoms with Crippen LogP contribution in [0.5, 0.6) is 5.75 Å². The molecule has 220 valence electrons. The Morgan fingerprint density at radius 2 is 1.68 bits per heavy atom. The van der Waals surface area contributed by atoms with E-state index in [-0.39, 0.29) is 23.0 Å². The molecule has 0 aliphatic carbocycles. The molecule has 0 saturated heterocycles. The third kappa shape index (κ3) is 7.80. The number of sulfonamides is 1. The molecule has 41 heavy (non-hydrogen) atoms. The Kier molecular flexibility index (Phi) is 11.2. The fraction of sp³-hybridized carbons (Fsp3) is 0.355. The van der Waals surface area contributed by atoms with Crippen LogP contribution in [0.3, 0.4) is 0 Å². The fourth-order valence-electron chi connectivity index (χ4n) is 4.47. The smallest absolute Gasteiger partial charge is 0.264 e. The van der Waals surface area contributed by atoms with Crippen LogP contribution in [-0.2, 0) is 26.2 Å². The lowest BCUT2D eigenvalue weighted by Gasteiger charge is -2.33. The van der Waals surface area contributed by atoms with Crippen molar-refractivity contribution in [3.63, 3.8) is 0 Å². The molecule has 3 aromatic rings. The molecule has 0 aliphatic rings. The van der Waals surface area contributed by atoms with Gasteiger partial charge in [0.15, 0.2) is 0 Å². The third-order valence-electron chi connectivity index (χ3n) is 6.82. The summed E-state index contributed by atoms with van der Waals surface area (Å²) in [5.41, 5.74) is 2.45. The topological polar surface area (TPSA) is 96.0 Å². The zero-order valence-electron chi connectivity index (χ0n) is 24.2. The minimum Gasteiger partial charge on any atom is -0.497 e. The highest BCUT2D eigenvalue weighted by molar-refractivity contribution is 7.92. The van der Waals surface area contributed by atoms with Crippen LogP contribution in [0, 0.1) is 13.8 Å². The summed E-state index contributed by atoms with van der Waals surface area (Å²) in [5, 5.41) is 3.26. The van der Waals surface area contributed by atoms with Crippen LogP contribution in [0.4, 0.5) is 5.69 Å². The molecular formula is C31H38ClN3O5S. The standard InChI is InChI=1S/C31H38ClN3O5S/c1-6-18-33-31(37)28(7-2)34(20-24-10-8-11-25(19-24)40-5)30(36)21-35(29-13-9-12-27(32)23(29)4)41(38,39)26-16-14-22(3)15-17-26/h8-17,19,28H,6-7,18,20-21H2,1-5H3,(H,33,37). The van der Waals surface area contributed by atoms with Gasteiger partial charge in [0.1, 0.15) is 18.3 Å². The van der Waals surface area contributed by atoms with Crippen LogP contribution < -0.4 is 14.4 Å². The van der Waals surface area contributed by atoms with Crippen molar-refractivity contribution in [2.45, 2.75) is 58.0 Å². The first-order chi connectivity index (χ1) is 19.5. The third-order valence-corrected chi connectivity index (χ3v) is 9.00. The Balaban J connectivity index is 2.10. The zero-order chi connectivity index (χ0) is 30.2. The summed E-state index contributed by atoms with van der Waals surface area (Å²) in [7, 11) is -2.63. The SMILES string of the molecule is CCCNC(=O)C(CC)N(Cc1cccc(OC)c1)C(=O)CN(c1cccc(Cl)c1C)S(=O)(=O)c1ccc(C)cc1. The number of nitrogens with one attached hydrogen (secondary N) is 1. The van der Waals surface area contributed by atoms with Crippen molar-refractivity contribution >= 4 is 39.1 Å². The molecule has 0 spiro atoms. The Morgan fingerprint density at radius 3 is 2.32 bits per heavy atom. The van der Waals surface area contributed by atoms with E-state index in [2.05, 4.69) is 5.32 Å². The number of halogens is 1. The van der Waals surface area contributed by atoms with Gasteiger partial charge in [-0.05, 0) is 74.2 Å². The van der Waals surface area contributed by atoms with Gasteiger partial charge in [-0.15, -0.1) is 0 Å². The maximum Gasteiger partial charge on any atom is 0.264 e. The molecule has 8 nitrogen and oxygen atoms in total. The van der Waals surface area contributed by atoms with Gasteiger partial charge in [-0.3, -0.25) is 13.9 Å². The zero-order valence-corrected chi connectivity index (χ0v) is 25.8. The van der Waals surface area contributed by atoms with Crippen LogP contribution in [0.1, 0.15) is 43.4 Å². The van der Waals surface area contributed by atoms with Gasteiger partial charge in [-0.2, -0.15) is 0 Å².